The van der Waals surface area contributed by atoms with Gasteiger partial charge in [0.15, 0.2) is 0 Å². The molecule has 0 unspecified atom stereocenters. The van der Waals surface area contributed by atoms with Gasteiger partial charge in [0.1, 0.15) is 11.6 Å². The summed E-state index contributed by atoms with van der Waals surface area (Å²) >= 11 is 1.52. The summed E-state index contributed by atoms with van der Waals surface area (Å²) in [7, 11) is 0. The average Bonchev–Trinajstić information content (AvgIpc) is 3.02. The zero-order valence-corrected chi connectivity index (χ0v) is 13.4. The minimum atomic E-state index is -0.239. The molecule has 3 aromatic rings. The van der Waals surface area contributed by atoms with Crippen molar-refractivity contribution in [1.29, 1.82) is 0 Å². The molecule has 0 fully saturated rings. The summed E-state index contributed by atoms with van der Waals surface area (Å²) in [6.07, 6.45) is 3.16. The molecule has 0 saturated carbocycles. The van der Waals surface area contributed by atoms with Crippen LogP contribution in [0.25, 0.3) is 16.3 Å². The van der Waals surface area contributed by atoms with Gasteiger partial charge in [0, 0.05) is 6.08 Å². The standard InChI is InChI=1S/C18H13N3O2S/c22-16-11-21(14-7-3-1-5-12(14)19-16)18(23)10-9-17-20-13-6-2-4-8-15(13)24-17/h1-10H,11H2,(H,19,22). The summed E-state index contributed by atoms with van der Waals surface area (Å²) in [5.41, 5.74) is 2.27. The lowest BCUT2D eigenvalue weighted by atomic mass is 10.2. The van der Waals surface area contributed by atoms with Crippen LogP contribution in [0.4, 0.5) is 11.4 Å². The molecule has 118 valence electrons. The molecule has 2 aromatic carbocycles. The van der Waals surface area contributed by atoms with Crippen molar-refractivity contribution in [3.05, 3.63) is 59.6 Å². The lowest BCUT2D eigenvalue weighted by Crippen LogP contribution is -2.41. The third-order valence-corrected chi connectivity index (χ3v) is 4.72. The molecule has 1 N–H and O–H groups in total. The van der Waals surface area contributed by atoms with Gasteiger partial charge in [0.2, 0.25) is 5.91 Å². The van der Waals surface area contributed by atoms with E-state index < -0.39 is 0 Å². The fourth-order valence-corrected chi connectivity index (χ4v) is 3.49. The van der Waals surface area contributed by atoms with Crippen LogP contribution < -0.4 is 10.2 Å². The first-order valence-electron chi connectivity index (χ1n) is 7.45. The van der Waals surface area contributed by atoms with Crippen LogP contribution >= 0.6 is 11.3 Å². The second-order valence-electron chi connectivity index (χ2n) is 5.34. The quantitative estimate of drug-likeness (QED) is 0.731. The predicted octanol–water partition coefficient (Wildman–Crippen LogP) is 3.29. The molecule has 0 saturated heterocycles. The summed E-state index contributed by atoms with van der Waals surface area (Å²) in [5.74, 6) is -0.438. The zero-order valence-electron chi connectivity index (χ0n) is 12.6. The summed E-state index contributed by atoms with van der Waals surface area (Å²) in [6, 6.07) is 15.1. The van der Waals surface area contributed by atoms with Gasteiger partial charge in [-0.15, -0.1) is 11.3 Å². The maximum absolute atomic E-state index is 12.5. The van der Waals surface area contributed by atoms with E-state index in [0.29, 0.717) is 11.4 Å². The van der Waals surface area contributed by atoms with Crippen molar-refractivity contribution in [2.24, 2.45) is 0 Å². The van der Waals surface area contributed by atoms with E-state index in [9.17, 15) is 9.59 Å². The Morgan fingerprint density at radius 2 is 1.96 bits per heavy atom. The normalized spacial score (nSPS) is 14.0. The summed E-state index contributed by atoms with van der Waals surface area (Å²) in [4.78, 5) is 30.3. The number of aromatic nitrogens is 1. The van der Waals surface area contributed by atoms with E-state index >= 15 is 0 Å². The number of benzene rings is 2. The van der Waals surface area contributed by atoms with Crippen molar-refractivity contribution in [3.63, 3.8) is 0 Å². The van der Waals surface area contributed by atoms with Crippen molar-refractivity contribution in [2.75, 3.05) is 16.8 Å². The number of nitrogens with one attached hydrogen (secondary N) is 1. The molecule has 5 nitrogen and oxygen atoms in total. The third kappa shape index (κ3) is 2.68. The highest BCUT2D eigenvalue weighted by Gasteiger charge is 2.25. The molecule has 1 aromatic heterocycles. The number of thiazole rings is 1. The van der Waals surface area contributed by atoms with Crippen LogP contribution in [0, 0.1) is 0 Å². The maximum Gasteiger partial charge on any atom is 0.251 e. The number of para-hydroxylation sites is 3. The SMILES string of the molecule is O=C1CN(C(=O)C=Cc2nc3ccccc3s2)c2ccccc2N1. The van der Waals surface area contributed by atoms with Gasteiger partial charge in [-0.2, -0.15) is 0 Å². The van der Waals surface area contributed by atoms with Gasteiger partial charge < -0.3 is 5.32 Å². The fourth-order valence-electron chi connectivity index (χ4n) is 2.62. The molecule has 0 aliphatic carbocycles. The number of fused-ring (bicyclic) bond motifs is 2. The van der Waals surface area contributed by atoms with Gasteiger partial charge in [-0.3, -0.25) is 14.5 Å². The number of carbonyl (C=O) groups is 2. The van der Waals surface area contributed by atoms with E-state index in [0.717, 1.165) is 15.2 Å². The number of hydrogen-bond donors (Lipinski definition) is 1. The van der Waals surface area contributed by atoms with Crippen LogP contribution in [0.3, 0.4) is 0 Å². The molecule has 1 aliphatic heterocycles. The molecule has 24 heavy (non-hydrogen) atoms. The van der Waals surface area contributed by atoms with Crippen LogP contribution in [-0.2, 0) is 9.59 Å². The fraction of sp³-hybridized carbons (Fsp3) is 0.0556. The highest BCUT2D eigenvalue weighted by Crippen LogP contribution is 2.29. The molecule has 0 spiro atoms. The summed E-state index contributed by atoms with van der Waals surface area (Å²) in [5, 5.41) is 3.53. The van der Waals surface area contributed by atoms with Gasteiger partial charge in [0.05, 0.1) is 21.6 Å². The third-order valence-electron chi connectivity index (χ3n) is 3.72. The average molecular weight is 335 g/mol. The molecule has 0 bridgehead atoms. The number of nitrogens with zero attached hydrogens (tertiary/aromatic N) is 2. The Kier molecular flexibility index (Phi) is 3.59. The molecule has 0 radical (unpaired) electrons. The molecule has 1 aliphatic rings. The molecule has 2 heterocycles. The van der Waals surface area contributed by atoms with Gasteiger partial charge in [-0.25, -0.2) is 4.98 Å². The number of carbonyl (C=O) groups excluding carboxylic acids is 2. The van der Waals surface area contributed by atoms with Gasteiger partial charge in [0.25, 0.3) is 5.91 Å². The van der Waals surface area contributed by atoms with E-state index in [1.54, 1.807) is 12.1 Å². The Labute approximate surface area is 142 Å². The van der Waals surface area contributed by atoms with E-state index in [1.165, 1.54) is 22.3 Å². The largest absolute Gasteiger partial charge is 0.323 e. The first-order valence-corrected chi connectivity index (χ1v) is 8.26. The molecular weight excluding hydrogens is 322 g/mol. The van der Waals surface area contributed by atoms with Crippen LogP contribution in [-0.4, -0.2) is 23.3 Å². The van der Waals surface area contributed by atoms with Crippen molar-refractivity contribution in [1.82, 2.24) is 4.98 Å². The van der Waals surface area contributed by atoms with Crippen LogP contribution in [0.1, 0.15) is 5.01 Å². The van der Waals surface area contributed by atoms with E-state index in [-0.39, 0.29) is 18.4 Å². The lowest BCUT2D eigenvalue weighted by molar-refractivity contribution is -0.119. The molecular formula is C18H13N3O2S. The smallest absolute Gasteiger partial charge is 0.251 e. The zero-order chi connectivity index (χ0) is 16.5. The second-order valence-corrected chi connectivity index (χ2v) is 6.41. The Morgan fingerprint density at radius 1 is 1.17 bits per heavy atom. The van der Waals surface area contributed by atoms with Crippen LogP contribution in [0.15, 0.2) is 54.6 Å². The van der Waals surface area contributed by atoms with Crippen molar-refractivity contribution in [3.8, 4) is 0 Å². The number of anilines is 2. The molecule has 0 atom stereocenters. The highest BCUT2D eigenvalue weighted by molar-refractivity contribution is 7.19. The lowest BCUT2D eigenvalue weighted by Gasteiger charge is -2.28. The summed E-state index contributed by atoms with van der Waals surface area (Å²) < 4.78 is 1.08. The maximum atomic E-state index is 12.5. The Hall–Kier alpha value is -2.99. The number of amides is 2. The predicted molar refractivity (Wildman–Crippen MR) is 96.1 cm³/mol. The second kappa shape index (κ2) is 5.90. The summed E-state index contributed by atoms with van der Waals surface area (Å²) in [6.45, 7) is 0.0139. The first-order chi connectivity index (χ1) is 11.7. The minimum Gasteiger partial charge on any atom is -0.323 e. The Bertz CT molecular complexity index is 944. The van der Waals surface area contributed by atoms with Gasteiger partial charge >= 0.3 is 0 Å². The first kappa shape index (κ1) is 14.6. The van der Waals surface area contributed by atoms with E-state index in [1.807, 2.05) is 42.5 Å². The van der Waals surface area contributed by atoms with Crippen molar-refractivity contribution in [2.45, 2.75) is 0 Å². The van der Waals surface area contributed by atoms with E-state index in [4.69, 9.17) is 0 Å². The Morgan fingerprint density at radius 3 is 2.83 bits per heavy atom. The monoisotopic (exact) mass is 335 g/mol. The molecule has 6 heteroatoms. The van der Waals surface area contributed by atoms with Gasteiger partial charge in [-0.05, 0) is 30.3 Å². The Balaban J connectivity index is 1.61. The number of hydrogen-bond acceptors (Lipinski definition) is 4. The molecule has 2 amide bonds. The minimum absolute atomic E-state index is 0.0139. The van der Waals surface area contributed by atoms with E-state index in [2.05, 4.69) is 10.3 Å². The topological polar surface area (TPSA) is 62.3 Å². The van der Waals surface area contributed by atoms with Crippen LogP contribution in [0.5, 0.6) is 0 Å². The van der Waals surface area contributed by atoms with Crippen molar-refractivity contribution >= 4 is 50.8 Å². The molecule has 4 rings (SSSR count). The van der Waals surface area contributed by atoms with Crippen LogP contribution in [0.2, 0.25) is 0 Å². The highest BCUT2D eigenvalue weighted by atomic mass is 32.1. The van der Waals surface area contributed by atoms with Crippen molar-refractivity contribution < 1.29 is 9.59 Å². The number of rotatable bonds is 2. The van der Waals surface area contributed by atoms with Gasteiger partial charge in [-0.1, -0.05) is 24.3 Å².